The smallest absolute Gasteiger partial charge is 0.337 e. The number of benzene rings is 2. The lowest BCUT2D eigenvalue weighted by molar-refractivity contribution is -0.433. The van der Waals surface area contributed by atoms with Gasteiger partial charge < -0.3 is 14.6 Å². The number of hydrogen-bond donors (Lipinski definition) is 0. The molecule has 4 fully saturated rings. The second-order valence-corrected chi connectivity index (χ2v) is 19.0. The van der Waals surface area contributed by atoms with Crippen molar-refractivity contribution in [3.63, 3.8) is 0 Å². The number of amides is 4. The van der Waals surface area contributed by atoms with Gasteiger partial charge in [-0.1, -0.05) is 62.4 Å². The van der Waals surface area contributed by atoms with E-state index in [1.807, 2.05) is 60.7 Å². The highest BCUT2D eigenvalue weighted by Gasteiger charge is 2.62. The van der Waals surface area contributed by atoms with Gasteiger partial charge in [0.2, 0.25) is 5.69 Å². The van der Waals surface area contributed by atoms with Crippen LogP contribution in [0.2, 0.25) is 0 Å². The van der Waals surface area contributed by atoms with Gasteiger partial charge in [0.1, 0.15) is 6.54 Å². The molecule has 4 aliphatic carbocycles. The van der Waals surface area contributed by atoms with E-state index in [1.54, 1.807) is 0 Å². The molecule has 12 nitrogen and oxygen atoms in total. The third kappa shape index (κ3) is 5.73. The zero-order valence-electron chi connectivity index (χ0n) is 35.4. The summed E-state index contributed by atoms with van der Waals surface area (Å²) in [5.41, 5.74) is 7.10. The first-order valence-electron chi connectivity index (χ1n) is 21.8. The van der Waals surface area contributed by atoms with Crippen LogP contribution in [0.5, 0.6) is 0 Å². The number of fused-ring (bicyclic) bond motifs is 12. The molecule has 2 aromatic carbocycles. The molecule has 10 rings (SSSR count). The Hall–Kier alpha value is -5.91. The minimum atomic E-state index is -0.644. The van der Waals surface area contributed by atoms with Crippen LogP contribution >= 0.6 is 0 Å². The topological polar surface area (TPSA) is 134 Å². The van der Waals surface area contributed by atoms with Crippen LogP contribution in [0.3, 0.4) is 0 Å². The summed E-state index contributed by atoms with van der Waals surface area (Å²) in [4.78, 5) is 92.0. The van der Waals surface area contributed by atoms with Crippen LogP contribution in [0.15, 0.2) is 84.6 Å². The minimum Gasteiger partial charge on any atom is -0.344 e. The number of carbonyl (C=O) groups excluding carboxylic acids is 6. The first kappa shape index (κ1) is 39.2. The fourth-order valence-corrected chi connectivity index (χ4v) is 12.1. The molecule has 314 valence electrons. The molecule has 4 aliphatic heterocycles. The predicted octanol–water partition coefficient (Wildman–Crippen LogP) is 5.96. The van der Waals surface area contributed by atoms with Crippen molar-refractivity contribution in [1.29, 1.82) is 0 Å². The largest absolute Gasteiger partial charge is 0.344 e. The van der Waals surface area contributed by atoms with Crippen LogP contribution in [-0.4, -0.2) is 69.1 Å². The Morgan fingerprint density at radius 2 is 1.16 bits per heavy atom. The van der Waals surface area contributed by atoms with Crippen molar-refractivity contribution in [2.45, 2.75) is 78.1 Å². The lowest BCUT2D eigenvalue weighted by atomic mass is 9.80. The molecule has 2 aromatic rings. The van der Waals surface area contributed by atoms with Gasteiger partial charge in [-0.05, 0) is 99.1 Å². The molecule has 12 heteroatoms. The van der Waals surface area contributed by atoms with Crippen LogP contribution in [0.25, 0.3) is 0 Å². The molecule has 4 heterocycles. The molecule has 61 heavy (non-hydrogen) atoms. The SMILES string of the molecule is CCN1/C(=C\C=C\C2=[N+](CC)c3ccc(CC(=O)ON4C(=O)C5C6C=CC(C6)C5C4=O)cc3C2(C)C)C(C)(C)c2cc(CC(=O)ON3C(=O)C4C5C=CC(C5)C4C3=O)ccc21. The van der Waals surface area contributed by atoms with E-state index in [9.17, 15) is 28.8 Å². The monoisotopic (exact) mass is 823 g/mol. The third-order valence-corrected chi connectivity index (χ3v) is 15.0. The average Bonchev–Trinajstić information content (AvgIpc) is 4.12. The van der Waals surface area contributed by atoms with Gasteiger partial charge >= 0.3 is 11.9 Å². The number of hydrogen-bond acceptors (Lipinski definition) is 9. The van der Waals surface area contributed by atoms with Gasteiger partial charge in [0.25, 0.3) is 23.6 Å². The third-order valence-electron chi connectivity index (χ3n) is 15.0. The molecule has 0 radical (unpaired) electrons. The summed E-state index contributed by atoms with van der Waals surface area (Å²) in [6.07, 6.45) is 15.9. The van der Waals surface area contributed by atoms with E-state index >= 15 is 0 Å². The summed E-state index contributed by atoms with van der Waals surface area (Å²) in [6, 6.07) is 11.9. The highest BCUT2D eigenvalue weighted by molar-refractivity contribution is 6.07. The van der Waals surface area contributed by atoms with E-state index in [1.165, 1.54) is 0 Å². The predicted molar refractivity (Wildman–Crippen MR) is 223 cm³/mol. The number of allylic oxidation sites excluding steroid dienone is 8. The zero-order chi connectivity index (χ0) is 42.9. The quantitative estimate of drug-likeness (QED) is 0.162. The molecule has 2 saturated carbocycles. The van der Waals surface area contributed by atoms with Crippen molar-refractivity contribution in [2.24, 2.45) is 47.3 Å². The van der Waals surface area contributed by atoms with E-state index in [0.29, 0.717) is 0 Å². The molecule has 4 amide bonds. The number of rotatable bonds is 10. The first-order valence-corrected chi connectivity index (χ1v) is 21.8. The Labute approximate surface area is 355 Å². The van der Waals surface area contributed by atoms with Gasteiger partial charge in [-0.15, -0.1) is 10.1 Å². The number of hydroxylamine groups is 4. The van der Waals surface area contributed by atoms with E-state index in [2.05, 4.69) is 69.2 Å². The molecule has 8 atom stereocenters. The van der Waals surface area contributed by atoms with Crippen LogP contribution in [-0.2, 0) is 62.1 Å². The maximum atomic E-state index is 13.2. The summed E-state index contributed by atoms with van der Waals surface area (Å²) in [6.45, 7) is 14.4. The van der Waals surface area contributed by atoms with Crippen LogP contribution in [0.4, 0.5) is 11.4 Å². The molecule has 0 aromatic heterocycles. The maximum absolute atomic E-state index is 13.2. The van der Waals surface area contributed by atoms with Crippen molar-refractivity contribution in [3.8, 4) is 0 Å². The Balaban J connectivity index is 0.823. The molecule has 8 unspecified atom stereocenters. The van der Waals surface area contributed by atoms with Crippen LogP contribution in [0.1, 0.15) is 76.6 Å². The molecule has 0 spiro atoms. The molecule has 2 saturated heterocycles. The van der Waals surface area contributed by atoms with E-state index in [0.717, 1.165) is 81.1 Å². The maximum Gasteiger partial charge on any atom is 0.337 e. The Bertz CT molecular complexity index is 2460. The van der Waals surface area contributed by atoms with Crippen molar-refractivity contribution in [2.75, 3.05) is 18.0 Å². The summed E-state index contributed by atoms with van der Waals surface area (Å²) < 4.78 is 2.28. The normalized spacial score (nSPS) is 31.1. The number of carbonyl (C=O) groups is 6. The number of anilines is 1. The lowest BCUT2D eigenvalue weighted by Gasteiger charge is -2.25. The molecule has 0 N–H and O–H groups in total. The zero-order valence-corrected chi connectivity index (χ0v) is 35.4. The van der Waals surface area contributed by atoms with Crippen molar-refractivity contribution in [3.05, 3.63) is 107 Å². The second-order valence-electron chi connectivity index (χ2n) is 19.0. The van der Waals surface area contributed by atoms with Crippen molar-refractivity contribution >= 4 is 52.7 Å². The average molecular weight is 824 g/mol. The van der Waals surface area contributed by atoms with E-state index in [4.69, 9.17) is 9.68 Å². The highest BCUT2D eigenvalue weighted by atomic mass is 16.7. The van der Waals surface area contributed by atoms with Crippen molar-refractivity contribution < 1.29 is 43.0 Å². The Morgan fingerprint density at radius 3 is 1.64 bits per heavy atom. The Morgan fingerprint density at radius 1 is 0.689 bits per heavy atom. The fraction of sp³-hybridized carbons (Fsp3) is 0.449. The first-order chi connectivity index (χ1) is 29.1. The van der Waals surface area contributed by atoms with Gasteiger partial charge in [0.05, 0.1) is 41.9 Å². The molecular weight excluding hydrogens is 773 g/mol. The Kier molecular flexibility index (Phi) is 8.88. The van der Waals surface area contributed by atoms with Gasteiger partial charge in [-0.25, -0.2) is 9.59 Å². The van der Waals surface area contributed by atoms with Crippen LogP contribution in [0, 0.1) is 47.3 Å². The standard InChI is InChI=1S/C49H51N4O8/c1-7-50-34-18-12-26(22-38(54)60-52-44(56)40-28-14-15-29(24-28)41(40)45(52)57)20-32(34)48(3,4)36(50)10-9-11-37-49(5,6)33-21-27(13-19-35(33)51(37)8-2)23-39(55)61-53-46(58)42-30-16-17-31(25-30)43(42)47(53)59/h9-21,28-31,40-43H,7-8,22-25H2,1-6H3/q+1. The van der Waals surface area contributed by atoms with Gasteiger partial charge in [-0.2, -0.15) is 4.58 Å². The highest BCUT2D eigenvalue weighted by Crippen LogP contribution is 2.54. The van der Waals surface area contributed by atoms with Gasteiger partial charge in [-0.3, -0.25) is 19.2 Å². The van der Waals surface area contributed by atoms with Crippen molar-refractivity contribution in [1.82, 2.24) is 10.1 Å². The van der Waals surface area contributed by atoms with Gasteiger partial charge in [0.15, 0.2) is 5.71 Å². The minimum absolute atomic E-state index is 0.0361. The summed E-state index contributed by atoms with van der Waals surface area (Å²) in [7, 11) is 0. The summed E-state index contributed by atoms with van der Waals surface area (Å²) >= 11 is 0. The molecule has 4 bridgehead atoms. The van der Waals surface area contributed by atoms with Crippen LogP contribution < -0.4 is 4.90 Å². The van der Waals surface area contributed by atoms with E-state index in [-0.39, 0.29) is 36.5 Å². The van der Waals surface area contributed by atoms with Gasteiger partial charge in [0, 0.05) is 41.1 Å². The second kappa shape index (κ2) is 13.8. The summed E-state index contributed by atoms with van der Waals surface area (Å²) in [5, 5.41) is 1.44. The number of nitrogens with zero attached hydrogens (tertiary/aromatic N) is 4. The molecule has 8 aliphatic rings. The summed E-state index contributed by atoms with van der Waals surface area (Å²) in [5.74, 6) is -4.50. The number of likely N-dealkylation sites (N-methyl/N-ethyl adjacent to an activating group) is 1. The lowest BCUT2D eigenvalue weighted by Crippen LogP contribution is -2.35. The number of imide groups is 2. The molecular formula is C49H51N4O8+. The van der Waals surface area contributed by atoms with E-state index < -0.39 is 70.1 Å². The fourth-order valence-electron chi connectivity index (χ4n) is 12.1.